The summed E-state index contributed by atoms with van der Waals surface area (Å²) in [6.07, 6.45) is -4.45. The van der Waals surface area contributed by atoms with E-state index in [9.17, 15) is 18.0 Å². The van der Waals surface area contributed by atoms with Gasteiger partial charge >= 0.3 is 6.18 Å². The molecular weight excluding hydrogens is 255 g/mol. The highest BCUT2D eigenvalue weighted by molar-refractivity contribution is 6.00. The monoisotopic (exact) mass is 271 g/mol. The maximum Gasteiger partial charge on any atom is 0.416 e. The second-order valence-corrected chi connectivity index (χ2v) is 5.55. The molecule has 1 heterocycles. The van der Waals surface area contributed by atoms with E-state index < -0.39 is 17.3 Å². The summed E-state index contributed by atoms with van der Waals surface area (Å²) in [5.74, 6) is -0.332. The van der Waals surface area contributed by atoms with Crippen LogP contribution in [0.25, 0.3) is 0 Å². The van der Waals surface area contributed by atoms with Gasteiger partial charge in [0.1, 0.15) is 0 Å². The number of fused-ring (bicyclic) bond motifs is 1. The van der Waals surface area contributed by atoms with E-state index >= 15 is 0 Å². The van der Waals surface area contributed by atoms with Gasteiger partial charge in [-0.15, -0.1) is 0 Å². The van der Waals surface area contributed by atoms with Crippen molar-refractivity contribution in [1.29, 1.82) is 0 Å². The van der Waals surface area contributed by atoms with E-state index in [1.54, 1.807) is 27.7 Å². The SMILES string of the molecule is CC(C)N1C(=O)c2cccc(C(F)(F)F)c2C1(C)C. The first kappa shape index (κ1) is 13.9. The smallest absolute Gasteiger partial charge is 0.327 e. The normalized spacial score (nSPS) is 18.1. The second-order valence-electron chi connectivity index (χ2n) is 5.55. The summed E-state index contributed by atoms with van der Waals surface area (Å²) in [7, 11) is 0. The van der Waals surface area contributed by atoms with Crippen LogP contribution in [0.5, 0.6) is 0 Å². The van der Waals surface area contributed by atoms with E-state index in [0.29, 0.717) is 0 Å². The molecule has 1 aliphatic heterocycles. The van der Waals surface area contributed by atoms with Crippen molar-refractivity contribution in [2.24, 2.45) is 0 Å². The molecule has 1 aromatic carbocycles. The fraction of sp³-hybridized carbons (Fsp3) is 0.500. The second kappa shape index (κ2) is 3.99. The summed E-state index contributed by atoms with van der Waals surface area (Å²) in [6, 6.07) is 3.64. The van der Waals surface area contributed by atoms with Gasteiger partial charge in [0.25, 0.3) is 5.91 Å². The number of halogens is 3. The molecule has 0 saturated carbocycles. The molecule has 0 N–H and O–H groups in total. The summed E-state index contributed by atoms with van der Waals surface area (Å²) in [6.45, 7) is 6.93. The van der Waals surface area contributed by atoms with Crippen LogP contribution in [0.2, 0.25) is 0 Å². The molecule has 1 aromatic rings. The zero-order valence-electron chi connectivity index (χ0n) is 11.3. The van der Waals surface area contributed by atoms with Crippen molar-refractivity contribution in [3.63, 3.8) is 0 Å². The quantitative estimate of drug-likeness (QED) is 0.760. The largest absolute Gasteiger partial charge is 0.416 e. The Labute approximate surface area is 110 Å². The lowest BCUT2D eigenvalue weighted by Gasteiger charge is -2.36. The first-order valence-corrected chi connectivity index (χ1v) is 6.13. The lowest BCUT2D eigenvalue weighted by Crippen LogP contribution is -2.44. The minimum absolute atomic E-state index is 0.0844. The van der Waals surface area contributed by atoms with Crippen molar-refractivity contribution in [2.75, 3.05) is 0 Å². The minimum atomic E-state index is -4.45. The Morgan fingerprint density at radius 3 is 2.26 bits per heavy atom. The van der Waals surface area contributed by atoms with E-state index in [-0.39, 0.29) is 23.1 Å². The van der Waals surface area contributed by atoms with Gasteiger partial charge in [-0.25, -0.2) is 0 Å². The van der Waals surface area contributed by atoms with Gasteiger partial charge in [-0.1, -0.05) is 6.07 Å². The van der Waals surface area contributed by atoms with Gasteiger partial charge in [-0.3, -0.25) is 4.79 Å². The first-order chi connectivity index (χ1) is 8.58. The van der Waals surface area contributed by atoms with E-state index in [2.05, 4.69) is 0 Å². The van der Waals surface area contributed by atoms with E-state index in [4.69, 9.17) is 0 Å². The van der Waals surface area contributed by atoms with Crippen molar-refractivity contribution >= 4 is 5.91 Å². The molecule has 0 fully saturated rings. The van der Waals surface area contributed by atoms with Crippen LogP contribution in [0.3, 0.4) is 0 Å². The fourth-order valence-corrected chi connectivity index (χ4v) is 3.01. The number of carbonyl (C=O) groups excluding carboxylic acids is 1. The number of hydrogen-bond donors (Lipinski definition) is 0. The average Bonchev–Trinajstić information content (AvgIpc) is 2.45. The number of alkyl halides is 3. The first-order valence-electron chi connectivity index (χ1n) is 6.13. The summed E-state index contributed by atoms with van der Waals surface area (Å²) >= 11 is 0. The molecular formula is C14H16F3NO. The molecule has 0 saturated heterocycles. The number of nitrogens with zero attached hydrogens (tertiary/aromatic N) is 1. The Hall–Kier alpha value is -1.52. The Morgan fingerprint density at radius 2 is 1.79 bits per heavy atom. The molecule has 0 radical (unpaired) electrons. The zero-order valence-corrected chi connectivity index (χ0v) is 11.3. The maximum absolute atomic E-state index is 13.1. The van der Waals surface area contributed by atoms with Crippen LogP contribution in [0, 0.1) is 0 Å². The number of hydrogen-bond acceptors (Lipinski definition) is 1. The zero-order chi connectivity index (χ0) is 14.6. The molecule has 1 amide bonds. The Morgan fingerprint density at radius 1 is 1.21 bits per heavy atom. The van der Waals surface area contributed by atoms with Gasteiger partial charge in [0.05, 0.1) is 11.1 Å². The highest BCUT2D eigenvalue weighted by Gasteiger charge is 2.49. The number of benzene rings is 1. The molecule has 19 heavy (non-hydrogen) atoms. The van der Waals surface area contributed by atoms with Crippen LogP contribution in [-0.2, 0) is 11.7 Å². The van der Waals surface area contributed by atoms with E-state index in [1.807, 2.05) is 0 Å². The third kappa shape index (κ3) is 1.91. The average molecular weight is 271 g/mol. The molecule has 5 heteroatoms. The van der Waals surface area contributed by atoms with Crippen molar-refractivity contribution in [1.82, 2.24) is 4.90 Å². The van der Waals surface area contributed by atoms with Crippen molar-refractivity contribution < 1.29 is 18.0 Å². The summed E-state index contributed by atoms with van der Waals surface area (Å²) in [4.78, 5) is 13.8. The van der Waals surface area contributed by atoms with Gasteiger partial charge in [0.2, 0.25) is 0 Å². The Balaban J connectivity index is 2.73. The highest BCUT2D eigenvalue weighted by Crippen LogP contribution is 2.46. The summed E-state index contributed by atoms with van der Waals surface area (Å²) in [5, 5.41) is 0. The van der Waals surface area contributed by atoms with Crippen LogP contribution in [0.4, 0.5) is 13.2 Å². The molecule has 0 unspecified atom stereocenters. The molecule has 2 rings (SSSR count). The lowest BCUT2D eigenvalue weighted by atomic mass is 9.88. The van der Waals surface area contributed by atoms with Crippen LogP contribution >= 0.6 is 0 Å². The maximum atomic E-state index is 13.1. The molecule has 0 spiro atoms. The van der Waals surface area contributed by atoms with Crippen molar-refractivity contribution in [2.45, 2.75) is 45.5 Å². The standard InChI is InChI=1S/C14H16F3NO/c1-8(2)18-12(19)9-6-5-7-10(14(15,16)17)11(9)13(18,3)4/h5-8H,1-4H3. The third-order valence-electron chi connectivity index (χ3n) is 3.55. The molecule has 1 aliphatic rings. The highest BCUT2D eigenvalue weighted by atomic mass is 19.4. The van der Waals surface area contributed by atoms with Gasteiger partial charge in [-0.05, 0) is 39.8 Å². The Bertz CT molecular complexity index is 532. The third-order valence-corrected chi connectivity index (χ3v) is 3.55. The minimum Gasteiger partial charge on any atom is -0.327 e. The van der Waals surface area contributed by atoms with E-state index in [1.165, 1.54) is 17.0 Å². The van der Waals surface area contributed by atoms with E-state index in [0.717, 1.165) is 6.07 Å². The Kier molecular flexibility index (Phi) is 2.92. The van der Waals surface area contributed by atoms with Crippen LogP contribution in [0.15, 0.2) is 18.2 Å². The molecule has 104 valence electrons. The number of carbonyl (C=O) groups is 1. The number of amides is 1. The molecule has 0 aliphatic carbocycles. The van der Waals surface area contributed by atoms with Crippen molar-refractivity contribution in [3.8, 4) is 0 Å². The van der Waals surface area contributed by atoms with Crippen LogP contribution < -0.4 is 0 Å². The van der Waals surface area contributed by atoms with Gasteiger partial charge in [0, 0.05) is 17.2 Å². The summed E-state index contributed by atoms with van der Waals surface area (Å²) in [5.41, 5.74) is -1.42. The summed E-state index contributed by atoms with van der Waals surface area (Å²) < 4.78 is 39.3. The number of rotatable bonds is 1. The van der Waals surface area contributed by atoms with Gasteiger partial charge < -0.3 is 4.90 Å². The fourth-order valence-electron chi connectivity index (χ4n) is 3.01. The van der Waals surface area contributed by atoms with Crippen molar-refractivity contribution in [3.05, 3.63) is 34.9 Å². The topological polar surface area (TPSA) is 20.3 Å². The molecule has 0 aromatic heterocycles. The van der Waals surface area contributed by atoms with Crippen LogP contribution in [0.1, 0.15) is 49.2 Å². The lowest BCUT2D eigenvalue weighted by molar-refractivity contribution is -0.139. The molecule has 2 nitrogen and oxygen atoms in total. The van der Waals surface area contributed by atoms with Gasteiger partial charge in [-0.2, -0.15) is 13.2 Å². The van der Waals surface area contributed by atoms with Gasteiger partial charge in [0.15, 0.2) is 0 Å². The molecule has 0 atom stereocenters. The molecule has 0 bridgehead atoms. The predicted molar refractivity (Wildman–Crippen MR) is 65.8 cm³/mol. The van der Waals surface area contributed by atoms with Crippen LogP contribution in [-0.4, -0.2) is 16.8 Å². The predicted octanol–water partition coefficient (Wildman–Crippen LogP) is 3.80.